The lowest BCUT2D eigenvalue weighted by atomic mass is 9.99. The predicted octanol–water partition coefficient (Wildman–Crippen LogP) is 3.71. The summed E-state index contributed by atoms with van der Waals surface area (Å²) in [6.07, 6.45) is 2.13. The SMILES string of the molecule is CC(C)[C@H](c1nnnn1Cc1ccccc1)N(Cc1cc2cc3c(cc2[nH]c1=O)OCCO3)C[C@@H]1CCCO1. The Hall–Kier alpha value is -3.76. The Kier molecular flexibility index (Phi) is 7.30. The average molecular weight is 531 g/mol. The van der Waals surface area contributed by atoms with Gasteiger partial charge in [0, 0.05) is 36.7 Å². The molecule has 0 bridgehead atoms. The minimum absolute atomic E-state index is 0.0989. The molecule has 0 radical (unpaired) electrons. The quantitative estimate of drug-likeness (QED) is 0.349. The molecule has 1 fully saturated rings. The molecule has 10 heteroatoms. The van der Waals surface area contributed by atoms with E-state index in [1.165, 1.54) is 0 Å². The molecule has 4 aromatic rings. The number of pyridine rings is 1. The van der Waals surface area contributed by atoms with Crippen LogP contribution in [0.5, 0.6) is 11.5 Å². The van der Waals surface area contributed by atoms with Crippen molar-refractivity contribution in [2.75, 3.05) is 26.4 Å². The summed E-state index contributed by atoms with van der Waals surface area (Å²) in [6.45, 7) is 7.80. The second-order valence-electron chi connectivity index (χ2n) is 10.6. The van der Waals surface area contributed by atoms with Crippen molar-refractivity contribution in [3.8, 4) is 11.5 Å². The number of nitrogens with zero attached hydrogens (tertiary/aromatic N) is 5. The lowest BCUT2D eigenvalue weighted by Crippen LogP contribution is -2.40. The highest BCUT2D eigenvalue weighted by Crippen LogP contribution is 2.34. The topological polar surface area (TPSA) is 107 Å². The molecule has 1 N–H and O–H groups in total. The molecule has 0 unspecified atom stereocenters. The number of fused-ring (bicyclic) bond motifs is 2. The van der Waals surface area contributed by atoms with Gasteiger partial charge in [-0.25, -0.2) is 4.68 Å². The minimum Gasteiger partial charge on any atom is -0.486 e. The van der Waals surface area contributed by atoms with E-state index >= 15 is 0 Å². The van der Waals surface area contributed by atoms with Crippen molar-refractivity contribution in [1.29, 1.82) is 0 Å². The number of rotatable bonds is 9. The van der Waals surface area contributed by atoms with Gasteiger partial charge >= 0.3 is 0 Å². The van der Waals surface area contributed by atoms with Gasteiger partial charge in [0.25, 0.3) is 5.56 Å². The van der Waals surface area contributed by atoms with Crippen molar-refractivity contribution in [2.45, 2.75) is 51.9 Å². The maximum absolute atomic E-state index is 13.3. The van der Waals surface area contributed by atoms with Crippen LogP contribution in [0.4, 0.5) is 0 Å². The van der Waals surface area contributed by atoms with Crippen LogP contribution in [0, 0.1) is 5.92 Å². The summed E-state index contributed by atoms with van der Waals surface area (Å²) in [6, 6.07) is 15.8. The van der Waals surface area contributed by atoms with Gasteiger partial charge in [0.1, 0.15) is 13.2 Å². The van der Waals surface area contributed by atoms with Gasteiger partial charge in [-0.05, 0) is 46.9 Å². The van der Waals surface area contributed by atoms with Crippen LogP contribution >= 0.6 is 0 Å². The Balaban J connectivity index is 1.36. The molecule has 0 spiro atoms. The van der Waals surface area contributed by atoms with Crippen LogP contribution in [0.15, 0.2) is 53.3 Å². The Morgan fingerprint density at radius 3 is 2.62 bits per heavy atom. The molecule has 6 rings (SSSR count). The van der Waals surface area contributed by atoms with E-state index < -0.39 is 0 Å². The molecule has 2 aromatic heterocycles. The molecule has 4 heterocycles. The molecule has 2 aliphatic heterocycles. The van der Waals surface area contributed by atoms with E-state index in [0.29, 0.717) is 49.9 Å². The summed E-state index contributed by atoms with van der Waals surface area (Å²) in [5.74, 6) is 2.32. The zero-order chi connectivity index (χ0) is 26.8. The second kappa shape index (κ2) is 11.2. The first-order valence-electron chi connectivity index (χ1n) is 13.7. The van der Waals surface area contributed by atoms with Crippen LogP contribution < -0.4 is 15.0 Å². The smallest absolute Gasteiger partial charge is 0.252 e. The first-order chi connectivity index (χ1) is 19.0. The summed E-state index contributed by atoms with van der Waals surface area (Å²) < 4.78 is 19.4. The monoisotopic (exact) mass is 530 g/mol. The summed E-state index contributed by atoms with van der Waals surface area (Å²) in [5.41, 5.74) is 2.40. The van der Waals surface area contributed by atoms with Gasteiger partial charge in [-0.1, -0.05) is 44.2 Å². The summed E-state index contributed by atoms with van der Waals surface area (Å²) in [4.78, 5) is 18.7. The number of aromatic nitrogens is 5. The van der Waals surface area contributed by atoms with Crippen molar-refractivity contribution in [1.82, 2.24) is 30.1 Å². The van der Waals surface area contributed by atoms with Gasteiger partial charge in [-0.15, -0.1) is 5.10 Å². The second-order valence-corrected chi connectivity index (χ2v) is 10.6. The normalized spacial score (nSPS) is 17.8. The highest BCUT2D eigenvalue weighted by atomic mass is 16.6. The van der Waals surface area contributed by atoms with Gasteiger partial charge < -0.3 is 19.2 Å². The standard InChI is InChI=1S/C29H34N6O4/c1-19(2)27(28-31-32-33-35(28)16-20-7-4-3-5-8-20)34(18-23-9-6-10-37-23)17-22-13-21-14-25-26(39-12-11-38-25)15-24(21)30-29(22)36/h3-5,7-8,13-15,19,23,27H,6,9-12,16-18H2,1-2H3,(H,30,36)/t23-,27+/m0/s1. The molecule has 39 heavy (non-hydrogen) atoms. The molecule has 2 atom stereocenters. The average Bonchev–Trinajstić information content (AvgIpc) is 3.61. The Morgan fingerprint density at radius 2 is 1.87 bits per heavy atom. The van der Waals surface area contributed by atoms with E-state index in [1.807, 2.05) is 41.1 Å². The molecular weight excluding hydrogens is 496 g/mol. The van der Waals surface area contributed by atoms with Crippen molar-refractivity contribution in [2.24, 2.45) is 5.92 Å². The molecule has 0 saturated carbocycles. The highest BCUT2D eigenvalue weighted by molar-refractivity contribution is 5.83. The maximum atomic E-state index is 13.3. The van der Waals surface area contributed by atoms with Crippen molar-refractivity contribution in [3.63, 3.8) is 0 Å². The summed E-state index contributed by atoms with van der Waals surface area (Å²) in [5, 5.41) is 13.8. The lowest BCUT2D eigenvalue weighted by molar-refractivity contribution is 0.0385. The first-order valence-corrected chi connectivity index (χ1v) is 13.7. The van der Waals surface area contributed by atoms with E-state index in [-0.39, 0.29) is 23.6 Å². The van der Waals surface area contributed by atoms with Crippen molar-refractivity contribution >= 4 is 10.9 Å². The molecule has 10 nitrogen and oxygen atoms in total. The number of H-pyrrole nitrogens is 1. The molecule has 1 saturated heterocycles. The number of hydrogen-bond acceptors (Lipinski definition) is 8. The first kappa shape index (κ1) is 25.5. The Bertz CT molecular complexity index is 1480. The van der Waals surface area contributed by atoms with E-state index in [4.69, 9.17) is 14.2 Å². The highest BCUT2D eigenvalue weighted by Gasteiger charge is 2.32. The van der Waals surface area contributed by atoms with Crippen LogP contribution in [0.25, 0.3) is 10.9 Å². The van der Waals surface area contributed by atoms with Crippen LogP contribution in [0.3, 0.4) is 0 Å². The van der Waals surface area contributed by atoms with Crippen LogP contribution in [0.1, 0.15) is 49.7 Å². The van der Waals surface area contributed by atoms with Crippen molar-refractivity contribution in [3.05, 3.63) is 75.8 Å². The third-order valence-electron chi connectivity index (χ3n) is 7.44. The number of hydrogen-bond donors (Lipinski definition) is 1. The third-order valence-corrected chi connectivity index (χ3v) is 7.44. The van der Waals surface area contributed by atoms with Crippen LogP contribution in [-0.4, -0.2) is 62.6 Å². The van der Waals surface area contributed by atoms with Gasteiger partial charge in [-0.2, -0.15) is 0 Å². The predicted molar refractivity (Wildman–Crippen MR) is 146 cm³/mol. The van der Waals surface area contributed by atoms with E-state index in [2.05, 4.69) is 51.4 Å². The number of aromatic amines is 1. The van der Waals surface area contributed by atoms with E-state index in [1.54, 1.807) is 0 Å². The van der Waals surface area contributed by atoms with Gasteiger partial charge in [0.05, 0.1) is 24.2 Å². The third kappa shape index (κ3) is 5.53. The fourth-order valence-corrected chi connectivity index (χ4v) is 5.63. The Labute approximate surface area is 226 Å². The van der Waals surface area contributed by atoms with Gasteiger partial charge in [-0.3, -0.25) is 9.69 Å². The fraction of sp³-hybridized carbons (Fsp3) is 0.448. The maximum Gasteiger partial charge on any atom is 0.252 e. The van der Waals surface area contributed by atoms with Crippen LogP contribution in [-0.2, 0) is 17.8 Å². The van der Waals surface area contributed by atoms with Gasteiger partial charge in [0.15, 0.2) is 17.3 Å². The largest absolute Gasteiger partial charge is 0.486 e. The molecule has 2 aliphatic rings. The number of tetrazole rings is 1. The minimum atomic E-state index is -0.122. The number of nitrogens with one attached hydrogen (secondary N) is 1. The van der Waals surface area contributed by atoms with Gasteiger partial charge in [0.2, 0.25) is 0 Å². The molecule has 0 aliphatic carbocycles. The van der Waals surface area contributed by atoms with Crippen LogP contribution in [0.2, 0.25) is 0 Å². The lowest BCUT2D eigenvalue weighted by Gasteiger charge is -2.35. The zero-order valence-corrected chi connectivity index (χ0v) is 22.4. The van der Waals surface area contributed by atoms with Crippen molar-refractivity contribution < 1.29 is 14.2 Å². The molecule has 2 aromatic carbocycles. The fourth-order valence-electron chi connectivity index (χ4n) is 5.63. The van der Waals surface area contributed by atoms with E-state index in [0.717, 1.165) is 41.7 Å². The molecular formula is C29H34N6O4. The summed E-state index contributed by atoms with van der Waals surface area (Å²) >= 11 is 0. The number of benzene rings is 2. The number of ether oxygens (including phenoxy) is 3. The Morgan fingerprint density at radius 1 is 1.08 bits per heavy atom. The molecule has 0 amide bonds. The summed E-state index contributed by atoms with van der Waals surface area (Å²) in [7, 11) is 0. The zero-order valence-electron chi connectivity index (χ0n) is 22.4. The van der Waals surface area contributed by atoms with E-state index in [9.17, 15) is 4.79 Å². The molecule has 204 valence electrons.